The molecule has 98 valence electrons. The van der Waals surface area contributed by atoms with Crippen molar-refractivity contribution in [3.8, 4) is 0 Å². The molecule has 2 rings (SSSR count). The topological polar surface area (TPSA) is 17.0 Å². The zero-order valence-corrected chi connectivity index (χ0v) is 11.7. The summed E-state index contributed by atoms with van der Waals surface area (Å²) in [6, 6.07) is 11.5. The molecule has 1 heterocycles. The lowest BCUT2D eigenvalue weighted by Crippen LogP contribution is -2.23. The summed E-state index contributed by atoms with van der Waals surface area (Å²) in [7, 11) is 0. The number of hydrogen-bond acceptors (Lipinski definition) is 1. The Morgan fingerprint density at radius 3 is 2.72 bits per heavy atom. The van der Waals surface area contributed by atoms with Gasteiger partial charge in [0, 0.05) is 30.3 Å². The maximum atomic E-state index is 3.52. The van der Waals surface area contributed by atoms with Gasteiger partial charge in [0.1, 0.15) is 0 Å². The molecule has 2 nitrogen and oxygen atoms in total. The van der Waals surface area contributed by atoms with Crippen molar-refractivity contribution in [2.24, 2.45) is 0 Å². The summed E-state index contributed by atoms with van der Waals surface area (Å²) < 4.78 is 2.47. The fourth-order valence-electron chi connectivity index (χ4n) is 2.30. The van der Waals surface area contributed by atoms with E-state index in [4.69, 9.17) is 0 Å². The zero-order chi connectivity index (χ0) is 13.0. The molecule has 1 aromatic carbocycles. The summed E-state index contributed by atoms with van der Waals surface area (Å²) in [6.45, 7) is 8.71. The predicted molar refractivity (Wildman–Crippen MR) is 78.8 cm³/mol. The number of hydrogen-bond donors (Lipinski definition) is 1. The van der Waals surface area contributed by atoms with Crippen LogP contribution in [-0.4, -0.2) is 10.6 Å². The third kappa shape index (κ3) is 2.94. The van der Waals surface area contributed by atoms with Gasteiger partial charge >= 0.3 is 0 Å². The number of unbranched alkanes of at least 4 members (excludes halogenated alkanes) is 1. The van der Waals surface area contributed by atoms with Gasteiger partial charge in [-0.25, -0.2) is 0 Å². The third-order valence-corrected chi connectivity index (χ3v) is 3.32. The Hall–Kier alpha value is -1.28. The maximum Gasteiger partial charge on any atom is 0.0482 e. The van der Waals surface area contributed by atoms with E-state index in [9.17, 15) is 0 Å². The molecule has 0 atom stereocenters. The second-order valence-corrected chi connectivity index (χ2v) is 5.24. The average Bonchev–Trinajstić information content (AvgIpc) is 2.71. The number of benzene rings is 1. The van der Waals surface area contributed by atoms with Crippen molar-refractivity contribution in [1.82, 2.24) is 9.88 Å². The van der Waals surface area contributed by atoms with Crippen LogP contribution in [0.1, 0.15) is 39.3 Å². The van der Waals surface area contributed by atoms with Gasteiger partial charge in [-0.05, 0) is 23.9 Å². The molecule has 1 aromatic heterocycles. The van der Waals surface area contributed by atoms with Crippen molar-refractivity contribution in [2.75, 3.05) is 0 Å². The lowest BCUT2D eigenvalue weighted by Gasteiger charge is -2.12. The summed E-state index contributed by atoms with van der Waals surface area (Å²) in [4.78, 5) is 0. The largest absolute Gasteiger partial charge is 0.343 e. The van der Waals surface area contributed by atoms with Crippen molar-refractivity contribution < 1.29 is 0 Å². The Labute approximate surface area is 110 Å². The smallest absolute Gasteiger partial charge is 0.0482 e. The van der Waals surface area contributed by atoms with Gasteiger partial charge in [-0.1, -0.05) is 45.4 Å². The first-order valence-electron chi connectivity index (χ1n) is 7.03. The van der Waals surface area contributed by atoms with Crippen molar-refractivity contribution in [2.45, 2.75) is 52.7 Å². The molecule has 0 amide bonds. The van der Waals surface area contributed by atoms with Crippen molar-refractivity contribution in [1.29, 1.82) is 0 Å². The van der Waals surface area contributed by atoms with Crippen LogP contribution in [0, 0.1) is 0 Å². The van der Waals surface area contributed by atoms with E-state index in [0.29, 0.717) is 6.04 Å². The number of fused-ring (bicyclic) bond motifs is 1. The Morgan fingerprint density at radius 2 is 2.00 bits per heavy atom. The standard InChI is InChI=1S/C16H24N2/c1-4-5-10-18-15(12-17-13(2)3)11-14-8-6-7-9-16(14)18/h6-9,11,13,17H,4-5,10,12H2,1-3H3. The van der Waals surface area contributed by atoms with Gasteiger partial charge < -0.3 is 9.88 Å². The predicted octanol–water partition coefficient (Wildman–Crippen LogP) is 3.94. The van der Waals surface area contributed by atoms with Crippen LogP contribution in [0.5, 0.6) is 0 Å². The van der Waals surface area contributed by atoms with Gasteiger partial charge in [0.05, 0.1) is 0 Å². The van der Waals surface area contributed by atoms with E-state index in [2.05, 4.69) is 61.0 Å². The van der Waals surface area contributed by atoms with Gasteiger partial charge in [0.15, 0.2) is 0 Å². The molecule has 2 aromatic rings. The van der Waals surface area contributed by atoms with E-state index in [1.54, 1.807) is 0 Å². The fourth-order valence-corrected chi connectivity index (χ4v) is 2.30. The van der Waals surface area contributed by atoms with E-state index in [1.165, 1.54) is 29.4 Å². The van der Waals surface area contributed by atoms with Gasteiger partial charge in [-0.3, -0.25) is 0 Å². The van der Waals surface area contributed by atoms with Crippen LogP contribution in [0.15, 0.2) is 30.3 Å². The highest BCUT2D eigenvalue weighted by Gasteiger charge is 2.08. The van der Waals surface area contributed by atoms with Gasteiger partial charge in [-0.15, -0.1) is 0 Å². The molecule has 0 aliphatic heterocycles. The van der Waals surface area contributed by atoms with Crippen molar-refractivity contribution in [3.05, 3.63) is 36.0 Å². The second-order valence-electron chi connectivity index (χ2n) is 5.24. The summed E-state index contributed by atoms with van der Waals surface area (Å²) in [5, 5.41) is 4.87. The summed E-state index contributed by atoms with van der Waals surface area (Å²) >= 11 is 0. The minimum absolute atomic E-state index is 0.530. The van der Waals surface area contributed by atoms with E-state index in [-0.39, 0.29) is 0 Å². The third-order valence-electron chi connectivity index (χ3n) is 3.32. The highest BCUT2D eigenvalue weighted by Crippen LogP contribution is 2.20. The number of nitrogens with one attached hydrogen (secondary N) is 1. The minimum Gasteiger partial charge on any atom is -0.343 e. The molecule has 18 heavy (non-hydrogen) atoms. The average molecular weight is 244 g/mol. The van der Waals surface area contributed by atoms with E-state index in [0.717, 1.165) is 13.1 Å². The molecule has 0 fully saturated rings. The number of rotatable bonds is 6. The molecule has 0 bridgehead atoms. The van der Waals surface area contributed by atoms with Crippen molar-refractivity contribution >= 4 is 10.9 Å². The number of aryl methyl sites for hydroxylation is 1. The Morgan fingerprint density at radius 1 is 1.22 bits per heavy atom. The van der Waals surface area contributed by atoms with Gasteiger partial charge in [-0.2, -0.15) is 0 Å². The summed E-state index contributed by atoms with van der Waals surface area (Å²) in [6.07, 6.45) is 2.48. The molecule has 1 N–H and O–H groups in total. The summed E-state index contributed by atoms with van der Waals surface area (Å²) in [5.74, 6) is 0. The molecule has 0 radical (unpaired) electrons. The highest BCUT2D eigenvalue weighted by atomic mass is 15.0. The number of aromatic nitrogens is 1. The SMILES string of the molecule is CCCCn1c(CNC(C)C)cc2ccccc21. The number of para-hydroxylation sites is 1. The molecular weight excluding hydrogens is 220 g/mol. The lowest BCUT2D eigenvalue weighted by molar-refractivity contribution is 0.550. The molecule has 0 aliphatic carbocycles. The Kier molecular flexibility index (Phi) is 4.43. The monoisotopic (exact) mass is 244 g/mol. The van der Waals surface area contributed by atoms with E-state index in [1.807, 2.05) is 0 Å². The summed E-state index contributed by atoms with van der Waals surface area (Å²) in [5.41, 5.74) is 2.77. The fraction of sp³-hybridized carbons (Fsp3) is 0.500. The maximum absolute atomic E-state index is 3.52. The van der Waals surface area contributed by atoms with E-state index < -0.39 is 0 Å². The van der Waals surface area contributed by atoms with Crippen molar-refractivity contribution in [3.63, 3.8) is 0 Å². The first-order valence-corrected chi connectivity index (χ1v) is 7.03. The van der Waals surface area contributed by atoms with Crippen LogP contribution < -0.4 is 5.32 Å². The number of nitrogens with zero attached hydrogens (tertiary/aromatic N) is 1. The molecule has 2 heteroatoms. The molecular formula is C16H24N2. The normalized spacial score (nSPS) is 11.6. The van der Waals surface area contributed by atoms with E-state index >= 15 is 0 Å². The van der Waals surface area contributed by atoms with Gasteiger partial charge in [0.25, 0.3) is 0 Å². The molecule has 0 spiro atoms. The van der Waals surface area contributed by atoms with Crippen LogP contribution in [0.25, 0.3) is 10.9 Å². The quantitative estimate of drug-likeness (QED) is 0.814. The molecule has 0 saturated heterocycles. The van der Waals surface area contributed by atoms with Crippen LogP contribution in [0.3, 0.4) is 0 Å². The van der Waals surface area contributed by atoms with Gasteiger partial charge in [0.2, 0.25) is 0 Å². The first-order chi connectivity index (χ1) is 8.72. The second kappa shape index (κ2) is 6.05. The highest BCUT2D eigenvalue weighted by molar-refractivity contribution is 5.81. The van der Waals surface area contributed by atoms with Crippen LogP contribution in [0.4, 0.5) is 0 Å². The molecule has 0 saturated carbocycles. The first kappa shape index (κ1) is 13.2. The molecule has 0 unspecified atom stereocenters. The minimum atomic E-state index is 0.530. The van der Waals surface area contributed by atoms with Crippen LogP contribution in [0.2, 0.25) is 0 Å². The Bertz CT molecular complexity index is 497. The molecule has 0 aliphatic rings. The Balaban J connectivity index is 2.30. The lowest BCUT2D eigenvalue weighted by atomic mass is 10.2. The van der Waals surface area contributed by atoms with Crippen LogP contribution in [-0.2, 0) is 13.1 Å². The van der Waals surface area contributed by atoms with Crippen LogP contribution >= 0.6 is 0 Å². The zero-order valence-electron chi connectivity index (χ0n) is 11.7.